The van der Waals surface area contributed by atoms with Gasteiger partial charge in [-0.2, -0.15) is 0 Å². The number of carbonyl (C=O) groups is 1. The lowest BCUT2D eigenvalue weighted by Crippen LogP contribution is -2.35. The molecule has 3 N–H and O–H groups in total. The zero-order valence-corrected chi connectivity index (χ0v) is 9.77. The van der Waals surface area contributed by atoms with Gasteiger partial charge in [-0.1, -0.05) is 6.07 Å². The standard InChI is InChI=1S/C12H17FN2O2/c1-2-15(7-6-11(14)12(16)17)10-5-3-4-9(13)8-10/h3-5,8,11H,2,6-7,14H2,1H3,(H,16,17). The van der Waals surface area contributed by atoms with E-state index in [4.69, 9.17) is 10.8 Å². The Morgan fingerprint density at radius 3 is 2.82 bits per heavy atom. The van der Waals surface area contributed by atoms with Crippen molar-refractivity contribution in [2.75, 3.05) is 18.0 Å². The maximum Gasteiger partial charge on any atom is 0.320 e. The summed E-state index contributed by atoms with van der Waals surface area (Å²) in [6, 6.07) is 5.34. The van der Waals surface area contributed by atoms with E-state index in [1.807, 2.05) is 11.8 Å². The quantitative estimate of drug-likeness (QED) is 0.790. The fourth-order valence-electron chi connectivity index (χ4n) is 1.56. The molecular formula is C12H17FN2O2. The van der Waals surface area contributed by atoms with Crippen molar-refractivity contribution in [3.05, 3.63) is 30.1 Å². The highest BCUT2D eigenvalue weighted by Gasteiger charge is 2.13. The summed E-state index contributed by atoms with van der Waals surface area (Å²) in [7, 11) is 0. The fourth-order valence-corrected chi connectivity index (χ4v) is 1.56. The maximum absolute atomic E-state index is 13.0. The van der Waals surface area contributed by atoms with Crippen LogP contribution in [-0.4, -0.2) is 30.2 Å². The van der Waals surface area contributed by atoms with Gasteiger partial charge in [-0.3, -0.25) is 4.79 Å². The monoisotopic (exact) mass is 240 g/mol. The zero-order valence-electron chi connectivity index (χ0n) is 9.77. The second-order valence-electron chi connectivity index (χ2n) is 3.79. The lowest BCUT2D eigenvalue weighted by Gasteiger charge is -2.23. The smallest absolute Gasteiger partial charge is 0.320 e. The van der Waals surface area contributed by atoms with Crippen LogP contribution in [0.4, 0.5) is 10.1 Å². The van der Waals surface area contributed by atoms with Crippen LogP contribution in [0.3, 0.4) is 0 Å². The molecule has 0 heterocycles. The van der Waals surface area contributed by atoms with E-state index in [0.717, 1.165) is 5.69 Å². The van der Waals surface area contributed by atoms with E-state index in [-0.39, 0.29) is 5.82 Å². The van der Waals surface area contributed by atoms with Gasteiger partial charge in [-0.05, 0) is 31.5 Å². The number of rotatable bonds is 6. The molecule has 0 saturated heterocycles. The molecule has 4 nitrogen and oxygen atoms in total. The number of hydrogen-bond acceptors (Lipinski definition) is 3. The number of nitrogens with zero attached hydrogens (tertiary/aromatic N) is 1. The number of carboxylic acid groups (broad SMARTS) is 1. The summed E-state index contributed by atoms with van der Waals surface area (Å²) in [6.07, 6.45) is 0.333. The van der Waals surface area contributed by atoms with Gasteiger partial charge in [-0.25, -0.2) is 4.39 Å². The van der Waals surface area contributed by atoms with Crippen LogP contribution in [0.2, 0.25) is 0 Å². The van der Waals surface area contributed by atoms with E-state index in [0.29, 0.717) is 19.5 Å². The summed E-state index contributed by atoms with van der Waals surface area (Å²) in [5, 5.41) is 8.68. The highest BCUT2D eigenvalue weighted by Crippen LogP contribution is 2.15. The normalized spacial score (nSPS) is 12.2. The molecular weight excluding hydrogens is 223 g/mol. The second-order valence-corrected chi connectivity index (χ2v) is 3.79. The molecule has 0 amide bonds. The molecule has 94 valence electrons. The van der Waals surface area contributed by atoms with Crippen molar-refractivity contribution in [2.24, 2.45) is 5.73 Å². The van der Waals surface area contributed by atoms with Crippen LogP contribution in [-0.2, 0) is 4.79 Å². The Bertz CT molecular complexity index is 385. The number of halogens is 1. The fraction of sp³-hybridized carbons (Fsp3) is 0.417. The van der Waals surface area contributed by atoms with Gasteiger partial charge in [0, 0.05) is 18.8 Å². The van der Waals surface area contributed by atoms with Gasteiger partial charge in [-0.15, -0.1) is 0 Å². The van der Waals surface area contributed by atoms with Gasteiger partial charge < -0.3 is 15.7 Å². The highest BCUT2D eigenvalue weighted by molar-refractivity contribution is 5.73. The Morgan fingerprint density at radius 2 is 2.29 bits per heavy atom. The summed E-state index contributed by atoms with van der Waals surface area (Å²) in [5.41, 5.74) is 6.17. The Morgan fingerprint density at radius 1 is 1.59 bits per heavy atom. The number of carboxylic acids is 1. The highest BCUT2D eigenvalue weighted by atomic mass is 19.1. The summed E-state index contributed by atoms with van der Waals surface area (Å²) in [6.45, 7) is 3.10. The molecule has 1 atom stereocenters. The molecule has 0 bridgehead atoms. The SMILES string of the molecule is CCN(CCC(N)C(=O)O)c1cccc(F)c1. The predicted octanol–water partition coefficient (Wildman–Crippen LogP) is 1.45. The molecule has 0 aliphatic rings. The lowest BCUT2D eigenvalue weighted by molar-refractivity contribution is -0.138. The van der Waals surface area contributed by atoms with Crippen molar-refractivity contribution in [3.63, 3.8) is 0 Å². The Labute approximate surface area is 99.8 Å². The third kappa shape index (κ3) is 4.03. The number of nitrogens with two attached hydrogens (primary N) is 1. The minimum atomic E-state index is -1.01. The molecule has 0 radical (unpaired) electrons. The molecule has 0 saturated carbocycles. The van der Waals surface area contributed by atoms with Crippen LogP contribution in [0.25, 0.3) is 0 Å². The summed E-state index contributed by atoms with van der Waals surface area (Å²) in [5.74, 6) is -1.32. The number of benzene rings is 1. The summed E-state index contributed by atoms with van der Waals surface area (Å²) < 4.78 is 13.0. The Hall–Kier alpha value is -1.62. The topological polar surface area (TPSA) is 66.6 Å². The first-order valence-corrected chi connectivity index (χ1v) is 5.53. The molecule has 0 aliphatic carbocycles. The minimum Gasteiger partial charge on any atom is -0.480 e. The van der Waals surface area contributed by atoms with E-state index in [2.05, 4.69) is 0 Å². The van der Waals surface area contributed by atoms with Crippen LogP contribution in [0.1, 0.15) is 13.3 Å². The van der Waals surface area contributed by atoms with Gasteiger partial charge in [0.15, 0.2) is 0 Å². The molecule has 1 aromatic rings. The van der Waals surface area contributed by atoms with Crippen molar-refractivity contribution < 1.29 is 14.3 Å². The van der Waals surface area contributed by atoms with Crippen LogP contribution >= 0.6 is 0 Å². The number of aliphatic carboxylic acids is 1. The number of anilines is 1. The first-order chi connectivity index (χ1) is 8.04. The lowest BCUT2D eigenvalue weighted by atomic mass is 10.2. The molecule has 1 aromatic carbocycles. The van der Waals surface area contributed by atoms with E-state index >= 15 is 0 Å². The van der Waals surface area contributed by atoms with Gasteiger partial charge >= 0.3 is 5.97 Å². The molecule has 17 heavy (non-hydrogen) atoms. The van der Waals surface area contributed by atoms with Crippen LogP contribution in [0.15, 0.2) is 24.3 Å². The Kier molecular flexibility index (Phi) is 4.90. The van der Waals surface area contributed by atoms with Gasteiger partial charge in [0.25, 0.3) is 0 Å². The van der Waals surface area contributed by atoms with Crippen LogP contribution in [0, 0.1) is 5.82 Å². The van der Waals surface area contributed by atoms with Gasteiger partial charge in [0.1, 0.15) is 11.9 Å². The van der Waals surface area contributed by atoms with E-state index in [9.17, 15) is 9.18 Å². The maximum atomic E-state index is 13.0. The summed E-state index contributed by atoms with van der Waals surface area (Å²) in [4.78, 5) is 12.5. The van der Waals surface area contributed by atoms with Gasteiger partial charge in [0.05, 0.1) is 0 Å². The van der Waals surface area contributed by atoms with Crippen molar-refractivity contribution in [1.82, 2.24) is 0 Å². The first-order valence-electron chi connectivity index (χ1n) is 5.53. The third-order valence-corrected chi connectivity index (χ3v) is 2.58. The molecule has 0 aliphatic heterocycles. The molecule has 1 rings (SSSR count). The first kappa shape index (κ1) is 13.4. The van der Waals surface area contributed by atoms with Crippen LogP contribution < -0.4 is 10.6 Å². The second kappa shape index (κ2) is 6.20. The average Bonchev–Trinajstić information content (AvgIpc) is 2.29. The average molecular weight is 240 g/mol. The predicted molar refractivity (Wildman–Crippen MR) is 64.5 cm³/mol. The van der Waals surface area contributed by atoms with Gasteiger partial charge in [0.2, 0.25) is 0 Å². The summed E-state index contributed by atoms with van der Waals surface area (Å²) >= 11 is 0. The molecule has 0 fully saturated rings. The Balaban J connectivity index is 2.63. The van der Waals surface area contributed by atoms with Crippen LogP contribution in [0.5, 0.6) is 0 Å². The van der Waals surface area contributed by atoms with Crippen molar-refractivity contribution >= 4 is 11.7 Å². The van der Waals surface area contributed by atoms with Crippen molar-refractivity contribution in [1.29, 1.82) is 0 Å². The zero-order chi connectivity index (χ0) is 12.8. The molecule has 5 heteroatoms. The molecule has 0 aromatic heterocycles. The molecule has 1 unspecified atom stereocenters. The number of hydrogen-bond donors (Lipinski definition) is 2. The third-order valence-electron chi connectivity index (χ3n) is 2.58. The van der Waals surface area contributed by atoms with E-state index < -0.39 is 12.0 Å². The van der Waals surface area contributed by atoms with E-state index in [1.165, 1.54) is 12.1 Å². The molecule has 0 spiro atoms. The minimum absolute atomic E-state index is 0.302. The van der Waals surface area contributed by atoms with Crippen molar-refractivity contribution in [2.45, 2.75) is 19.4 Å². The van der Waals surface area contributed by atoms with Crippen molar-refractivity contribution in [3.8, 4) is 0 Å². The largest absolute Gasteiger partial charge is 0.480 e. The van der Waals surface area contributed by atoms with E-state index in [1.54, 1.807) is 12.1 Å².